The molecule has 4 nitrogen and oxygen atoms in total. The van der Waals surface area contributed by atoms with Gasteiger partial charge in [-0.15, -0.1) is 0 Å². The average Bonchev–Trinajstić information content (AvgIpc) is 2.73. The maximum atomic E-state index is 11.0. The van der Waals surface area contributed by atoms with E-state index in [0.717, 1.165) is 23.3 Å². The Balaban J connectivity index is 2.41. The lowest BCUT2D eigenvalue weighted by Gasteiger charge is -2.10. The lowest BCUT2D eigenvalue weighted by atomic mass is 10.0. The van der Waals surface area contributed by atoms with Crippen molar-refractivity contribution in [2.45, 2.75) is 39.0 Å². The van der Waals surface area contributed by atoms with E-state index in [1.807, 2.05) is 13.1 Å². The smallest absolute Gasteiger partial charge is 0.335 e. The van der Waals surface area contributed by atoms with E-state index in [4.69, 9.17) is 5.11 Å². The summed E-state index contributed by atoms with van der Waals surface area (Å²) in [6.45, 7) is 4.36. The van der Waals surface area contributed by atoms with Crippen LogP contribution in [0.15, 0.2) is 18.2 Å². The van der Waals surface area contributed by atoms with Crippen LogP contribution in [0.1, 0.15) is 55.2 Å². The molecule has 0 spiro atoms. The Bertz CT molecular complexity index is 601. The number of nitrogens with zero attached hydrogens (tertiary/aromatic N) is 2. The number of unbranched alkanes of at least 4 members (excludes halogenated alkanes) is 1. The molecule has 0 saturated carbocycles. The van der Waals surface area contributed by atoms with Crippen molar-refractivity contribution in [1.29, 1.82) is 0 Å². The van der Waals surface area contributed by atoms with Crippen LogP contribution in [-0.2, 0) is 7.05 Å². The van der Waals surface area contributed by atoms with Gasteiger partial charge in [-0.1, -0.05) is 26.7 Å². The van der Waals surface area contributed by atoms with E-state index < -0.39 is 5.97 Å². The molecule has 0 aliphatic carbocycles. The summed E-state index contributed by atoms with van der Waals surface area (Å²) in [6.07, 6.45) is 3.47. The van der Waals surface area contributed by atoms with Gasteiger partial charge >= 0.3 is 5.97 Å². The highest BCUT2D eigenvalue weighted by Gasteiger charge is 2.15. The van der Waals surface area contributed by atoms with Crippen LogP contribution in [0.2, 0.25) is 0 Å². The molecule has 0 saturated heterocycles. The summed E-state index contributed by atoms with van der Waals surface area (Å²) in [5, 5.41) is 9.01. The molecule has 0 aliphatic rings. The molecule has 4 heteroatoms. The molecule has 0 bridgehead atoms. The third kappa shape index (κ3) is 2.62. The van der Waals surface area contributed by atoms with Gasteiger partial charge in [-0.25, -0.2) is 9.78 Å². The molecule has 1 N–H and O–H groups in total. The van der Waals surface area contributed by atoms with Crippen LogP contribution in [0.25, 0.3) is 11.0 Å². The summed E-state index contributed by atoms with van der Waals surface area (Å²) in [7, 11) is 1.99. The van der Waals surface area contributed by atoms with E-state index in [1.54, 1.807) is 12.1 Å². The number of aromatic carboxylic acids is 1. The summed E-state index contributed by atoms with van der Waals surface area (Å²) in [5.74, 6) is 0.518. The van der Waals surface area contributed by atoms with Crippen LogP contribution in [0.5, 0.6) is 0 Å². The maximum absolute atomic E-state index is 11.0. The molecular formula is C15H20N2O2. The quantitative estimate of drug-likeness (QED) is 0.894. The van der Waals surface area contributed by atoms with Crippen LogP contribution < -0.4 is 0 Å². The molecule has 0 amide bonds. The monoisotopic (exact) mass is 260 g/mol. The normalized spacial score (nSPS) is 12.8. The predicted octanol–water partition coefficient (Wildman–Crippen LogP) is 3.57. The number of hydrogen-bond donors (Lipinski definition) is 1. The molecule has 1 atom stereocenters. The van der Waals surface area contributed by atoms with Crippen molar-refractivity contribution in [1.82, 2.24) is 9.55 Å². The minimum absolute atomic E-state index is 0.290. The number of imidazole rings is 1. The fourth-order valence-electron chi connectivity index (χ4n) is 2.43. The van der Waals surface area contributed by atoms with Gasteiger partial charge in [0.2, 0.25) is 0 Å². The first-order chi connectivity index (χ1) is 9.04. The van der Waals surface area contributed by atoms with E-state index in [9.17, 15) is 4.79 Å². The summed E-state index contributed by atoms with van der Waals surface area (Å²) in [5.41, 5.74) is 2.04. The van der Waals surface area contributed by atoms with Crippen molar-refractivity contribution < 1.29 is 9.90 Å². The number of aromatic nitrogens is 2. The van der Waals surface area contributed by atoms with E-state index in [2.05, 4.69) is 23.4 Å². The molecular weight excluding hydrogens is 240 g/mol. The van der Waals surface area contributed by atoms with Crippen molar-refractivity contribution in [2.24, 2.45) is 7.05 Å². The molecule has 0 radical (unpaired) electrons. The van der Waals surface area contributed by atoms with Crippen molar-refractivity contribution in [3.63, 3.8) is 0 Å². The molecule has 1 aromatic carbocycles. The van der Waals surface area contributed by atoms with Crippen LogP contribution in [0, 0.1) is 0 Å². The SMILES string of the molecule is CCCCC(C)c1nc2cc(C(=O)O)ccc2n1C. The molecule has 1 aromatic heterocycles. The Morgan fingerprint density at radius 1 is 1.47 bits per heavy atom. The van der Waals surface area contributed by atoms with Gasteiger partial charge in [0.25, 0.3) is 0 Å². The molecule has 1 heterocycles. The van der Waals surface area contributed by atoms with E-state index in [1.165, 1.54) is 12.8 Å². The molecule has 19 heavy (non-hydrogen) atoms. The minimum atomic E-state index is -0.909. The summed E-state index contributed by atoms with van der Waals surface area (Å²) < 4.78 is 2.07. The summed E-state index contributed by atoms with van der Waals surface area (Å²) >= 11 is 0. The van der Waals surface area contributed by atoms with Gasteiger partial charge < -0.3 is 9.67 Å². The van der Waals surface area contributed by atoms with Gasteiger partial charge in [-0.3, -0.25) is 0 Å². The lowest BCUT2D eigenvalue weighted by molar-refractivity contribution is 0.0697. The molecule has 0 aliphatic heterocycles. The number of aryl methyl sites for hydroxylation is 1. The first kappa shape index (κ1) is 13.6. The first-order valence-electron chi connectivity index (χ1n) is 6.74. The van der Waals surface area contributed by atoms with E-state index in [0.29, 0.717) is 11.5 Å². The number of fused-ring (bicyclic) bond motifs is 1. The van der Waals surface area contributed by atoms with Gasteiger partial charge in [0, 0.05) is 13.0 Å². The topological polar surface area (TPSA) is 55.1 Å². The zero-order valence-electron chi connectivity index (χ0n) is 11.7. The number of hydrogen-bond acceptors (Lipinski definition) is 2. The zero-order chi connectivity index (χ0) is 14.0. The number of benzene rings is 1. The van der Waals surface area contributed by atoms with Gasteiger partial charge in [0.15, 0.2) is 0 Å². The Kier molecular flexibility index (Phi) is 3.88. The maximum Gasteiger partial charge on any atom is 0.335 e. The van der Waals surface area contributed by atoms with Crippen LogP contribution in [-0.4, -0.2) is 20.6 Å². The van der Waals surface area contributed by atoms with Crippen LogP contribution in [0.4, 0.5) is 0 Å². The van der Waals surface area contributed by atoms with Crippen molar-refractivity contribution in [2.75, 3.05) is 0 Å². The Hall–Kier alpha value is -1.84. The van der Waals surface area contributed by atoms with E-state index >= 15 is 0 Å². The molecule has 1 unspecified atom stereocenters. The fourth-order valence-corrected chi connectivity index (χ4v) is 2.43. The second-order valence-electron chi connectivity index (χ2n) is 5.08. The first-order valence-corrected chi connectivity index (χ1v) is 6.74. The standard InChI is InChI=1S/C15H20N2O2/c1-4-5-6-10(2)14-16-12-9-11(15(18)19)7-8-13(12)17(14)3/h7-10H,4-6H2,1-3H3,(H,18,19). The van der Waals surface area contributed by atoms with Gasteiger partial charge in [0.05, 0.1) is 16.6 Å². The number of carboxylic acids is 1. The van der Waals surface area contributed by atoms with Crippen LogP contribution >= 0.6 is 0 Å². The summed E-state index contributed by atoms with van der Waals surface area (Å²) in [6, 6.07) is 5.11. The molecule has 102 valence electrons. The van der Waals surface area contributed by atoms with Gasteiger partial charge in [-0.05, 0) is 24.6 Å². The molecule has 0 fully saturated rings. The largest absolute Gasteiger partial charge is 0.478 e. The van der Waals surface area contributed by atoms with E-state index in [-0.39, 0.29) is 0 Å². The Morgan fingerprint density at radius 2 is 2.21 bits per heavy atom. The third-order valence-corrected chi connectivity index (χ3v) is 3.59. The molecule has 2 aromatic rings. The van der Waals surface area contributed by atoms with Gasteiger partial charge in [0.1, 0.15) is 5.82 Å². The lowest BCUT2D eigenvalue weighted by Crippen LogP contribution is -2.03. The predicted molar refractivity (Wildman–Crippen MR) is 75.6 cm³/mol. The van der Waals surface area contributed by atoms with Crippen molar-refractivity contribution in [3.8, 4) is 0 Å². The highest BCUT2D eigenvalue weighted by atomic mass is 16.4. The zero-order valence-corrected chi connectivity index (χ0v) is 11.7. The van der Waals surface area contributed by atoms with Crippen molar-refractivity contribution >= 4 is 17.0 Å². The Morgan fingerprint density at radius 3 is 2.84 bits per heavy atom. The fraction of sp³-hybridized carbons (Fsp3) is 0.467. The minimum Gasteiger partial charge on any atom is -0.478 e. The number of carboxylic acid groups (broad SMARTS) is 1. The van der Waals surface area contributed by atoms with Crippen LogP contribution in [0.3, 0.4) is 0 Å². The summed E-state index contributed by atoms with van der Waals surface area (Å²) in [4.78, 5) is 15.6. The average molecular weight is 260 g/mol. The number of carbonyl (C=O) groups is 1. The highest BCUT2D eigenvalue weighted by Crippen LogP contribution is 2.25. The van der Waals surface area contributed by atoms with Gasteiger partial charge in [-0.2, -0.15) is 0 Å². The second-order valence-corrected chi connectivity index (χ2v) is 5.08. The van der Waals surface area contributed by atoms with Crippen molar-refractivity contribution in [3.05, 3.63) is 29.6 Å². The highest BCUT2D eigenvalue weighted by molar-refractivity contribution is 5.92. The Labute approximate surface area is 113 Å². The second kappa shape index (κ2) is 5.43. The third-order valence-electron chi connectivity index (χ3n) is 3.59. The molecule has 2 rings (SSSR count). The number of rotatable bonds is 5.